The first kappa shape index (κ1) is 16.6. The third-order valence-electron chi connectivity index (χ3n) is 5.14. The molecule has 4 rings (SSSR count). The van der Waals surface area contributed by atoms with E-state index in [1.54, 1.807) is 7.11 Å². The van der Waals surface area contributed by atoms with Gasteiger partial charge in [-0.25, -0.2) is 4.68 Å². The first-order chi connectivity index (χ1) is 12.6. The van der Waals surface area contributed by atoms with Gasteiger partial charge in [-0.2, -0.15) is 5.10 Å². The van der Waals surface area contributed by atoms with Gasteiger partial charge in [0.05, 0.1) is 29.7 Å². The van der Waals surface area contributed by atoms with Crippen LogP contribution < -0.4 is 4.74 Å². The van der Waals surface area contributed by atoms with Gasteiger partial charge in [0.15, 0.2) is 5.78 Å². The van der Waals surface area contributed by atoms with E-state index in [0.717, 1.165) is 34.8 Å². The molecule has 1 aliphatic rings. The number of aromatic nitrogens is 2. The van der Waals surface area contributed by atoms with Gasteiger partial charge in [0.25, 0.3) is 0 Å². The van der Waals surface area contributed by atoms with E-state index in [0.29, 0.717) is 6.42 Å². The number of ketones is 1. The summed E-state index contributed by atoms with van der Waals surface area (Å²) < 4.78 is 7.19. The summed E-state index contributed by atoms with van der Waals surface area (Å²) >= 11 is 0. The van der Waals surface area contributed by atoms with E-state index in [-0.39, 0.29) is 11.7 Å². The molecule has 132 valence electrons. The summed E-state index contributed by atoms with van der Waals surface area (Å²) in [5.41, 5.74) is 6.00. The molecule has 0 spiro atoms. The molecule has 1 atom stereocenters. The molecule has 1 aromatic heterocycles. The van der Waals surface area contributed by atoms with Crippen molar-refractivity contribution in [3.63, 3.8) is 0 Å². The molecule has 1 heterocycles. The average Bonchev–Trinajstić information content (AvgIpc) is 2.99. The van der Waals surface area contributed by atoms with Gasteiger partial charge in [0.1, 0.15) is 5.75 Å². The third-order valence-corrected chi connectivity index (χ3v) is 5.14. The number of rotatable bonds is 3. The summed E-state index contributed by atoms with van der Waals surface area (Å²) in [4.78, 5) is 12.8. The fraction of sp³-hybridized carbons (Fsp3) is 0.273. The Hall–Kier alpha value is -2.88. The van der Waals surface area contributed by atoms with Crippen molar-refractivity contribution in [2.24, 2.45) is 0 Å². The maximum absolute atomic E-state index is 12.8. The van der Waals surface area contributed by atoms with Crippen molar-refractivity contribution in [2.45, 2.75) is 32.6 Å². The monoisotopic (exact) mass is 346 g/mol. The van der Waals surface area contributed by atoms with Crippen molar-refractivity contribution in [1.29, 1.82) is 0 Å². The second kappa shape index (κ2) is 6.45. The highest BCUT2D eigenvalue weighted by Gasteiger charge is 2.32. The molecule has 0 bridgehead atoms. The van der Waals surface area contributed by atoms with E-state index in [1.165, 1.54) is 11.1 Å². The lowest BCUT2D eigenvalue weighted by atomic mass is 9.81. The number of carbonyl (C=O) groups is 1. The lowest BCUT2D eigenvalue weighted by molar-refractivity contribution is 0.0963. The van der Waals surface area contributed by atoms with Crippen molar-refractivity contribution >= 4 is 5.78 Å². The summed E-state index contributed by atoms with van der Waals surface area (Å²) in [5.74, 6) is 1.18. The van der Waals surface area contributed by atoms with Crippen LogP contribution in [0.5, 0.6) is 5.75 Å². The lowest BCUT2D eigenvalue weighted by Crippen LogP contribution is -2.20. The Morgan fingerprint density at radius 2 is 1.85 bits per heavy atom. The molecule has 4 heteroatoms. The number of nitrogens with zero attached hydrogens (tertiary/aromatic N) is 2. The van der Waals surface area contributed by atoms with E-state index < -0.39 is 0 Å². The molecule has 2 aromatic carbocycles. The summed E-state index contributed by atoms with van der Waals surface area (Å²) in [6, 6.07) is 16.3. The number of hydrogen-bond acceptors (Lipinski definition) is 3. The van der Waals surface area contributed by atoms with Crippen LogP contribution >= 0.6 is 0 Å². The SMILES string of the molecule is COc1ccc([C@@H]2CC(=O)c3c(C)nn(-c4cccc(C)c4)c3C2)cc1. The number of fused-ring (bicyclic) bond motifs is 1. The summed E-state index contributed by atoms with van der Waals surface area (Å²) in [7, 11) is 1.66. The number of carbonyl (C=O) groups excluding carboxylic acids is 1. The van der Waals surface area contributed by atoms with Gasteiger partial charge >= 0.3 is 0 Å². The Bertz CT molecular complexity index is 970. The van der Waals surface area contributed by atoms with Gasteiger partial charge < -0.3 is 4.74 Å². The second-order valence-corrected chi connectivity index (χ2v) is 6.96. The Labute approximate surface area is 153 Å². The van der Waals surface area contributed by atoms with E-state index in [2.05, 4.69) is 36.3 Å². The summed E-state index contributed by atoms with van der Waals surface area (Å²) in [6.07, 6.45) is 1.34. The highest BCUT2D eigenvalue weighted by molar-refractivity contribution is 6.00. The molecule has 0 fully saturated rings. The third kappa shape index (κ3) is 2.81. The molecule has 4 nitrogen and oxygen atoms in total. The van der Waals surface area contributed by atoms with Gasteiger partial charge in [0.2, 0.25) is 0 Å². The van der Waals surface area contributed by atoms with Crippen molar-refractivity contribution in [3.8, 4) is 11.4 Å². The smallest absolute Gasteiger partial charge is 0.167 e. The Morgan fingerprint density at radius 1 is 1.08 bits per heavy atom. The van der Waals surface area contributed by atoms with Crippen LogP contribution in [-0.4, -0.2) is 22.7 Å². The van der Waals surface area contributed by atoms with Crippen LogP contribution in [0.25, 0.3) is 5.69 Å². The zero-order valence-corrected chi connectivity index (χ0v) is 15.3. The number of benzene rings is 2. The molecule has 0 saturated heterocycles. The van der Waals surface area contributed by atoms with E-state index in [1.807, 2.05) is 35.9 Å². The fourth-order valence-electron chi connectivity index (χ4n) is 3.84. The molecular formula is C22H22N2O2. The number of ether oxygens (including phenoxy) is 1. The number of Topliss-reactive ketones (excluding diaryl/α,β-unsaturated/α-hetero) is 1. The molecule has 0 radical (unpaired) electrons. The normalized spacial score (nSPS) is 16.4. The predicted octanol–water partition coefficient (Wildman–Crippen LogP) is 4.41. The lowest BCUT2D eigenvalue weighted by Gasteiger charge is -2.23. The van der Waals surface area contributed by atoms with Crippen molar-refractivity contribution in [2.75, 3.05) is 7.11 Å². The van der Waals surface area contributed by atoms with Crippen LogP contribution in [0.2, 0.25) is 0 Å². The molecule has 0 N–H and O–H groups in total. The van der Waals surface area contributed by atoms with Crippen molar-refractivity contribution < 1.29 is 9.53 Å². The highest BCUT2D eigenvalue weighted by Crippen LogP contribution is 2.35. The standard InChI is InChI=1S/C22H22N2O2/c1-14-5-4-6-18(11-14)24-20-12-17(13-21(25)22(20)15(2)23-24)16-7-9-19(26-3)10-8-16/h4-11,17H,12-13H2,1-3H3/t17-/m0/s1. The van der Waals surface area contributed by atoms with Crippen LogP contribution in [0.3, 0.4) is 0 Å². The Kier molecular flexibility index (Phi) is 4.11. The average molecular weight is 346 g/mol. The first-order valence-corrected chi connectivity index (χ1v) is 8.89. The molecule has 0 unspecified atom stereocenters. The highest BCUT2D eigenvalue weighted by atomic mass is 16.5. The van der Waals surface area contributed by atoms with Gasteiger partial charge in [-0.1, -0.05) is 24.3 Å². The quantitative estimate of drug-likeness (QED) is 0.705. The molecule has 0 saturated carbocycles. The van der Waals surface area contributed by atoms with Crippen molar-refractivity contribution in [1.82, 2.24) is 9.78 Å². The zero-order chi connectivity index (χ0) is 18.3. The van der Waals surface area contributed by atoms with Crippen LogP contribution in [0.1, 0.15) is 45.2 Å². The van der Waals surface area contributed by atoms with Crippen molar-refractivity contribution in [3.05, 3.63) is 76.6 Å². The molecule has 3 aromatic rings. The van der Waals surface area contributed by atoms with E-state index >= 15 is 0 Å². The van der Waals surface area contributed by atoms with Gasteiger partial charge in [-0.15, -0.1) is 0 Å². The van der Waals surface area contributed by atoms with Gasteiger partial charge in [-0.05, 0) is 61.6 Å². The largest absolute Gasteiger partial charge is 0.497 e. The molecule has 1 aliphatic carbocycles. The molecule has 0 amide bonds. The van der Waals surface area contributed by atoms with Crippen LogP contribution in [-0.2, 0) is 6.42 Å². The Morgan fingerprint density at radius 3 is 2.54 bits per heavy atom. The summed E-state index contributed by atoms with van der Waals surface area (Å²) in [6.45, 7) is 3.99. The number of aryl methyl sites for hydroxylation is 2. The predicted molar refractivity (Wildman–Crippen MR) is 101 cm³/mol. The van der Waals surface area contributed by atoms with Crippen LogP contribution in [0.4, 0.5) is 0 Å². The van der Waals surface area contributed by atoms with Gasteiger partial charge in [-0.3, -0.25) is 4.79 Å². The first-order valence-electron chi connectivity index (χ1n) is 8.89. The number of methoxy groups -OCH3 is 1. The maximum Gasteiger partial charge on any atom is 0.167 e. The molecule has 0 aliphatic heterocycles. The minimum Gasteiger partial charge on any atom is -0.497 e. The van der Waals surface area contributed by atoms with Gasteiger partial charge in [0, 0.05) is 6.42 Å². The summed E-state index contributed by atoms with van der Waals surface area (Å²) in [5, 5.41) is 4.69. The van der Waals surface area contributed by atoms with E-state index in [9.17, 15) is 4.79 Å². The topological polar surface area (TPSA) is 44.1 Å². The molecular weight excluding hydrogens is 324 g/mol. The number of hydrogen-bond donors (Lipinski definition) is 0. The zero-order valence-electron chi connectivity index (χ0n) is 15.3. The maximum atomic E-state index is 12.8. The Balaban J connectivity index is 1.76. The minimum atomic E-state index is 0.167. The van der Waals surface area contributed by atoms with E-state index in [4.69, 9.17) is 4.74 Å². The minimum absolute atomic E-state index is 0.167. The van der Waals surface area contributed by atoms with Crippen LogP contribution in [0.15, 0.2) is 48.5 Å². The van der Waals surface area contributed by atoms with Crippen LogP contribution in [0, 0.1) is 13.8 Å². The fourth-order valence-corrected chi connectivity index (χ4v) is 3.84. The second-order valence-electron chi connectivity index (χ2n) is 6.96. The molecule has 26 heavy (non-hydrogen) atoms.